The Balaban J connectivity index is 1.90. The van der Waals surface area contributed by atoms with Gasteiger partial charge in [-0.2, -0.15) is 0 Å². The van der Waals surface area contributed by atoms with E-state index in [4.69, 9.17) is 0 Å². The minimum atomic E-state index is -1.42. The van der Waals surface area contributed by atoms with E-state index in [0.29, 0.717) is 0 Å². The Morgan fingerprint density at radius 1 is 1.04 bits per heavy atom. The van der Waals surface area contributed by atoms with Crippen LogP contribution >= 0.6 is 15.9 Å². The summed E-state index contributed by atoms with van der Waals surface area (Å²) in [6.45, 7) is -0.104. The van der Waals surface area contributed by atoms with Gasteiger partial charge in [0.1, 0.15) is 11.9 Å². The molecule has 0 radical (unpaired) electrons. The summed E-state index contributed by atoms with van der Waals surface area (Å²) < 4.78 is 14.0. The van der Waals surface area contributed by atoms with Crippen LogP contribution in [0.3, 0.4) is 0 Å². The summed E-state index contributed by atoms with van der Waals surface area (Å²) in [5.41, 5.74) is 0.567. The van der Waals surface area contributed by atoms with E-state index in [1.807, 2.05) is 30.3 Å². The molecule has 0 spiro atoms. The number of carbonyl (C=O) groups is 3. The molecular weight excluding hydrogens is 421 g/mol. The Morgan fingerprint density at radius 3 is 2.37 bits per heavy atom. The lowest BCUT2D eigenvalue weighted by Gasteiger charge is -2.16. The first-order valence-corrected chi connectivity index (χ1v) is 8.71. The molecule has 0 saturated carbocycles. The molecule has 27 heavy (non-hydrogen) atoms. The van der Waals surface area contributed by atoms with Gasteiger partial charge in [0, 0.05) is 11.0 Å². The quantitative estimate of drug-likeness (QED) is 0.532. The van der Waals surface area contributed by atoms with Crippen LogP contribution in [-0.2, 0) is 11.3 Å². The molecular formula is C18H17BrFN3O4. The third-order valence-corrected chi connectivity index (χ3v) is 4.22. The summed E-state index contributed by atoms with van der Waals surface area (Å²) in [5, 5.41) is 16.4. The average Bonchev–Trinajstić information content (AvgIpc) is 2.63. The van der Waals surface area contributed by atoms with E-state index in [1.165, 1.54) is 12.1 Å². The molecule has 2 aromatic rings. The van der Waals surface area contributed by atoms with E-state index < -0.39 is 29.8 Å². The van der Waals surface area contributed by atoms with E-state index in [0.717, 1.165) is 11.6 Å². The number of carboxylic acids is 1. The number of amides is 3. The molecule has 0 saturated heterocycles. The molecule has 2 aromatic carbocycles. The fourth-order valence-corrected chi connectivity index (χ4v) is 2.70. The number of benzene rings is 2. The highest BCUT2D eigenvalue weighted by Crippen LogP contribution is 2.19. The first-order chi connectivity index (χ1) is 12.9. The summed E-state index contributed by atoms with van der Waals surface area (Å²) in [6, 6.07) is 11.1. The van der Waals surface area contributed by atoms with Crippen molar-refractivity contribution in [3.05, 3.63) is 69.9 Å². The van der Waals surface area contributed by atoms with Crippen molar-refractivity contribution in [2.24, 2.45) is 0 Å². The van der Waals surface area contributed by atoms with Crippen LogP contribution in [0.4, 0.5) is 9.18 Å². The molecule has 4 N–H and O–H groups in total. The van der Waals surface area contributed by atoms with E-state index in [2.05, 4.69) is 31.9 Å². The molecule has 0 aliphatic heterocycles. The van der Waals surface area contributed by atoms with Crippen molar-refractivity contribution in [2.45, 2.75) is 12.6 Å². The van der Waals surface area contributed by atoms with Crippen molar-refractivity contribution in [1.29, 1.82) is 0 Å². The molecule has 7 nitrogen and oxygen atoms in total. The summed E-state index contributed by atoms with van der Waals surface area (Å²) >= 11 is 3.05. The van der Waals surface area contributed by atoms with Crippen LogP contribution in [-0.4, -0.2) is 35.6 Å². The van der Waals surface area contributed by atoms with Gasteiger partial charge in [0.15, 0.2) is 0 Å². The first-order valence-electron chi connectivity index (χ1n) is 7.91. The highest BCUT2D eigenvalue weighted by molar-refractivity contribution is 9.10. The van der Waals surface area contributed by atoms with Crippen LogP contribution in [0.1, 0.15) is 15.9 Å². The molecule has 0 fully saturated rings. The van der Waals surface area contributed by atoms with Gasteiger partial charge >= 0.3 is 12.0 Å². The van der Waals surface area contributed by atoms with Gasteiger partial charge in [0.25, 0.3) is 5.91 Å². The molecule has 142 valence electrons. The normalized spacial score (nSPS) is 11.3. The van der Waals surface area contributed by atoms with Crippen molar-refractivity contribution in [3.8, 4) is 0 Å². The molecule has 0 aromatic heterocycles. The topological polar surface area (TPSA) is 108 Å². The molecule has 2 rings (SSSR count). The number of hydrogen-bond acceptors (Lipinski definition) is 3. The van der Waals surface area contributed by atoms with E-state index in [-0.39, 0.29) is 23.1 Å². The maximum absolute atomic E-state index is 13.8. The molecule has 3 amide bonds. The zero-order valence-corrected chi connectivity index (χ0v) is 15.6. The Hall–Kier alpha value is -2.94. The van der Waals surface area contributed by atoms with Crippen LogP contribution in [0, 0.1) is 5.82 Å². The molecule has 0 heterocycles. The van der Waals surface area contributed by atoms with E-state index in [9.17, 15) is 23.9 Å². The number of urea groups is 1. The lowest BCUT2D eigenvalue weighted by Crippen LogP contribution is -2.50. The summed E-state index contributed by atoms with van der Waals surface area (Å²) in [6.07, 6.45) is 0. The predicted octanol–water partition coefficient (Wildman–Crippen LogP) is 2.27. The minimum absolute atomic E-state index is 0.192. The van der Waals surface area contributed by atoms with E-state index in [1.54, 1.807) is 0 Å². The molecule has 9 heteroatoms. The second-order valence-corrected chi connectivity index (χ2v) is 6.36. The van der Waals surface area contributed by atoms with Crippen LogP contribution < -0.4 is 16.0 Å². The van der Waals surface area contributed by atoms with Gasteiger partial charge in [-0.05, 0) is 33.6 Å². The zero-order chi connectivity index (χ0) is 19.8. The maximum Gasteiger partial charge on any atom is 0.328 e. The minimum Gasteiger partial charge on any atom is -0.480 e. The summed E-state index contributed by atoms with van der Waals surface area (Å²) in [7, 11) is 0. The molecule has 0 unspecified atom stereocenters. The van der Waals surface area contributed by atoms with Crippen LogP contribution in [0.5, 0.6) is 0 Å². The highest BCUT2D eigenvalue weighted by atomic mass is 79.9. The maximum atomic E-state index is 13.8. The number of carboxylic acid groups (broad SMARTS) is 1. The summed E-state index contributed by atoms with van der Waals surface area (Å²) in [4.78, 5) is 35.3. The number of halogens is 2. The molecule has 0 aliphatic carbocycles. The Labute approximate surface area is 163 Å². The Kier molecular flexibility index (Phi) is 7.30. The largest absolute Gasteiger partial charge is 0.480 e. The van der Waals surface area contributed by atoms with Gasteiger partial charge in [0.2, 0.25) is 0 Å². The fraction of sp³-hybridized carbons (Fsp3) is 0.167. The van der Waals surface area contributed by atoms with Crippen molar-refractivity contribution in [3.63, 3.8) is 0 Å². The smallest absolute Gasteiger partial charge is 0.328 e. The molecule has 0 aliphatic rings. The number of carbonyl (C=O) groups excluding carboxylic acids is 2. The van der Waals surface area contributed by atoms with Crippen LogP contribution in [0.2, 0.25) is 0 Å². The number of aliphatic carboxylic acids is 1. The average molecular weight is 438 g/mol. The fourth-order valence-electron chi connectivity index (χ4n) is 2.18. The molecule has 0 bridgehead atoms. The second kappa shape index (κ2) is 9.67. The van der Waals surface area contributed by atoms with Gasteiger partial charge in [-0.1, -0.05) is 36.4 Å². The third kappa shape index (κ3) is 6.07. The monoisotopic (exact) mass is 437 g/mol. The number of nitrogens with one attached hydrogen (secondary N) is 3. The van der Waals surface area contributed by atoms with Gasteiger partial charge < -0.3 is 21.1 Å². The number of rotatable bonds is 7. The van der Waals surface area contributed by atoms with Gasteiger partial charge in [-0.25, -0.2) is 14.0 Å². The predicted molar refractivity (Wildman–Crippen MR) is 99.7 cm³/mol. The lowest BCUT2D eigenvalue weighted by molar-refractivity contribution is -0.139. The van der Waals surface area contributed by atoms with Crippen molar-refractivity contribution >= 4 is 33.8 Å². The zero-order valence-electron chi connectivity index (χ0n) is 14.0. The van der Waals surface area contributed by atoms with Crippen LogP contribution in [0.25, 0.3) is 0 Å². The van der Waals surface area contributed by atoms with Gasteiger partial charge in [-0.15, -0.1) is 0 Å². The Bertz CT molecular complexity index is 812. The first kappa shape index (κ1) is 20.4. The van der Waals surface area contributed by atoms with Gasteiger partial charge in [-0.3, -0.25) is 4.79 Å². The lowest BCUT2D eigenvalue weighted by atomic mass is 10.2. The van der Waals surface area contributed by atoms with Gasteiger partial charge in [0.05, 0.1) is 12.1 Å². The standard InChI is InChI=1S/C18H17BrFN3O4/c19-12-7-4-8-13(20)15(12)16(24)23-14(17(25)26)10-22-18(27)21-9-11-5-2-1-3-6-11/h1-8,14H,9-10H2,(H,23,24)(H,25,26)(H2,21,22,27)/t14-/m0/s1. The summed E-state index contributed by atoms with van der Waals surface area (Å²) in [5.74, 6) is -3.06. The second-order valence-electron chi connectivity index (χ2n) is 5.51. The third-order valence-electron chi connectivity index (χ3n) is 3.56. The van der Waals surface area contributed by atoms with Crippen LogP contribution in [0.15, 0.2) is 53.0 Å². The highest BCUT2D eigenvalue weighted by Gasteiger charge is 2.24. The SMILES string of the molecule is O=C(NCc1ccccc1)NC[C@H](NC(=O)c1c(F)cccc1Br)C(=O)O. The molecule has 1 atom stereocenters. The van der Waals surface area contributed by atoms with E-state index >= 15 is 0 Å². The van der Waals surface area contributed by atoms with Crippen molar-refractivity contribution in [2.75, 3.05) is 6.54 Å². The van der Waals surface area contributed by atoms with Crippen molar-refractivity contribution in [1.82, 2.24) is 16.0 Å². The Morgan fingerprint density at radius 2 is 1.74 bits per heavy atom. The number of hydrogen-bond donors (Lipinski definition) is 4. The van der Waals surface area contributed by atoms with Crippen molar-refractivity contribution < 1.29 is 23.9 Å².